The first-order chi connectivity index (χ1) is 12.3. The van der Waals surface area contributed by atoms with Crippen LogP contribution in [0.25, 0.3) is 21.7 Å². The average Bonchev–Trinajstić information content (AvgIpc) is 3.34. The van der Waals surface area contributed by atoms with E-state index in [1.54, 1.807) is 17.4 Å². The minimum Gasteiger partial charge on any atom is -0.320 e. The summed E-state index contributed by atoms with van der Waals surface area (Å²) in [6.45, 7) is 0. The van der Waals surface area contributed by atoms with Crippen molar-refractivity contribution in [2.24, 2.45) is 0 Å². The molecule has 0 aliphatic heterocycles. The van der Waals surface area contributed by atoms with E-state index in [0.29, 0.717) is 5.69 Å². The molecule has 0 bridgehead atoms. The van der Waals surface area contributed by atoms with Gasteiger partial charge in [0.25, 0.3) is 5.91 Å². The van der Waals surface area contributed by atoms with Crippen LogP contribution in [-0.2, 0) is 0 Å². The number of thiophene rings is 1. The van der Waals surface area contributed by atoms with Crippen LogP contribution in [0.5, 0.6) is 0 Å². The van der Waals surface area contributed by atoms with Gasteiger partial charge in [-0.05, 0) is 29.1 Å². The maximum atomic E-state index is 12.6. The second kappa shape index (κ2) is 6.75. The summed E-state index contributed by atoms with van der Waals surface area (Å²) < 4.78 is 0. The van der Waals surface area contributed by atoms with Crippen LogP contribution in [0.4, 0.5) is 5.69 Å². The number of carbonyl (C=O) groups is 1. The Morgan fingerprint density at radius 3 is 2.56 bits per heavy atom. The minimum absolute atomic E-state index is 0.234. The van der Waals surface area contributed by atoms with Crippen molar-refractivity contribution in [1.82, 2.24) is 10.2 Å². The molecule has 25 heavy (non-hydrogen) atoms. The number of para-hydroxylation sites is 1. The van der Waals surface area contributed by atoms with Crippen molar-refractivity contribution in [3.8, 4) is 21.7 Å². The highest BCUT2D eigenvalue weighted by molar-refractivity contribution is 7.13. The summed E-state index contributed by atoms with van der Waals surface area (Å²) in [4.78, 5) is 13.6. The zero-order chi connectivity index (χ0) is 17.1. The van der Waals surface area contributed by atoms with Gasteiger partial charge in [0.15, 0.2) is 5.69 Å². The monoisotopic (exact) mass is 345 g/mol. The second-order valence-electron chi connectivity index (χ2n) is 5.51. The maximum Gasteiger partial charge on any atom is 0.276 e. The Balaban J connectivity index is 1.60. The molecule has 0 aliphatic carbocycles. The van der Waals surface area contributed by atoms with Gasteiger partial charge in [-0.25, -0.2) is 0 Å². The zero-order valence-corrected chi connectivity index (χ0v) is 14.1. The van der Waals surface area contributed by atoms with E-state index < -0.39 is 0 Å². The molecule has 0 spiro atoms. The number of nitrogens with zero attached hydrogens (tertiary/aromatic N) is 1. The van der Waals surface area contributed by atoms with Crippen LogP contribution in [-0.4, -0.2) is 16.1 Å². The van der Waals surface area contributed by atoms with Crippen LogP contribution in [0.2, 0.25) is 0 Å². The number of hydrogen-bond acceptors (Lipinski definition) is 3. The molecule has 0 saturated carbocycles. The molecule has 2 N–H and O–H groups in total. The van der Waals surface area contributed by atoms with E-state index in [-0.39, 0.29) is 5.91 Å². The summed E-state index contributed by atoms with van der Waals surface area (Å²) in [5.74, 6) is -0.234. The normalized spacial score (nSPS) is 10.6. The van der Waals surface area contributed by atoms with Crippen LogP contribution in [0.15, 0.2) is 78.2 Å². The number of aromatic amines is 1. The lowest BCUT2D eigenvalue weighted by Gasteiger charge is -2.10. The van der Waals surface area contributed by atoms with E-state index in [0.717, 1.165) is 27.4 Å². The molecule has 1 amide bonds. The van der Waals surface area contributed by atoms with Gasteiger partial charge in [-0.15, -0.1) is 11.3 Å². The van der Waals surface area contributed by atoms with Gasteiger partial charge < -0.3 is 5.32 Å². The Labute approximate surface area is 149 Å². The van der Waals surface area contributed by atoms with Gasteiger partial charge in [0.1, 0.15) is 0 Å². The average molecular weight is 345 g/mol. The number of benzene rings is 2. The summed E-state index contributed by atoms with van der Waals surface area (Å²) in [5.41, 5.74) is 4.01. The molecular formula is C20H15N3OS. The SMILES string of the molecule is O=C(Nc1ccccc1-c1ccccc1)c1cc(-c2cccs2)[nH]n1. The van der Waals surface area contributed by atoms with Crippen LogP contribution in [0, 0.1) is 0 Å². The Hall–Kier alpha value is -3.18. The van der Waals surface area contributed by atoms with Crippen molar-refractivity contribution in [3.63, 3.8) is 0 Å². The number of H-pyrrole nitrogens is 1. The largest absolute Gasteiger partial charge is 0.320 e. The Kier molecular flexibility index (Phi) is 4.14. The van der Waals surface area contributed by atoms with Gasteiger partial charge in [-0.3, -0.25) is 9.89 Å². The predicted molar refractivity (Wildman–Crippen MR) is 102 cm³/mol. The molecule has 4 rings (SSSR count). The highest BCUT2D eigenvalue weighted by Gasteiger charge is 2.14. The summed E-state index contributed by atoms with van der Waals surface area (Å²) in [6.07, 6.45) is 0. The van der Waals surface area contributed by atoms with Gasteiger partial charge >= 0.3 is 0 Å². The van der Waals surface area contributed by atoms with E-state index in [2.05, 4.69) is 15.5 Å². The Morgan fingerprint density at radius 1 is 0.960 bits per heavy atom. The number of anilines is 1. The van der Waals surface area contributed by atoms with E-state index in [1.165, 1.54) is 0 Å². The van der Waals surface area contributed by atoms with Crippen LogP contribution >= 0.6 is 11.3 Å². The number of amides is 1. The van der Waals surface area contributed by atoms with Gasteiger partial charge in [0, 0.05) is 11.3 Å². The lowest BCUT2D eigenvalue weighted by molar-refractivity contribution is 0.102. The highest BCUT2D eigenvalue weighted by Crippen LogP contribution is 2.28. The zero-order valence-electron chi connectivity index (χ0n) is 13.3. The fraction of sp³-hybridized carbons (Fsp3) is 0. The number of hydrogen-bond donors (Lipinski definition) is 2. The first kappa shape index (κ1) is 15.4. The fourth-order valence-corrected chi connectivity index (χ4v) is 3.34. The molecule has 0 saturated heterocycles. The molecule has 0 radical (unpaired) electrons. The van der Waals surface area contributed by atoms with Gasteiger partial charge in [-0.2, -0.15) is 5.10 Å². The Morgan fingerprint density at radius 2 is 1.76 bits per heavy atom. The molecule has 0 fully saturated rings. The van der Waals surface area contributed by atoms with Gasteiger partial charge in [-0.1, -0.05) is 54.6 Å². The first-order valence-corrected chi connectivity index (χ1v) is 8.74. The van der Waals surface area contributed by atoms with Crippen LogP contribution in [0.3, 0.4) is 0 Å². The van der Waals surface area contributed by atoms with Gasteiger partial charge in [0.05, 0.1) is 10.6 Å². The molecule has 5 heteroatoms. The fourth-order valence-electron chi connectivity index (χ4n) is 2.64. The summed E-state index contributed by atoms with van der Waals surface area (Å²) >= 11 is 1.60. The molecule has 0 unspecified atom stereocenters. The molecule has 0 aliphatic rings. The number of aromatic nitrogens is 2. The van der Waals surface area contributed by atoms with Crippen molar-refractivity contribution in [1.29, 1.82) is 0 Å². The number of carbonyl (C=O) groups excluding carboxylic acids is 1. The lowest BCUT2D eigenvalue weighted by Crippen LogP contribution is -2.13. The molecule has 0 atom stereocenters. The molecule has 2 heterocycles. The molecule has 2 aromatic carbocycles. The third kappa shape index (κ3) is 3.22. The van der Waals surface area contributed by atoms with Crippen molar-refractivity contribution in [2.75, 3.05) is 5.32 Å². The molecular weight excluding hydrogens is 330 g/mol. The minimum atomic E-state index is -0.234. The quantitative estimate of drug-likeness (QED) is 0.543. The third-order valence-electron chi connectivity index (χ3n) is 3.86. The van der Waals surface area contributed by atoms with E-state index in [4.69, 9.17) is 0 Å². The number of nitrogens with one attached hydrogen (secondary N) is 2. The first-order valence-electron chi connectivity index (χ1n) is 7.86. The van der Waals surface area contributed by atoms with Crippen molar-refractivity contribution in [3.05, 3.63) is 83.9 Å². The van der Waals surface area contributed by atoms with Crippen molar-refractivity contribution < 1.29 is 4.79 Å². The summed E-state index contributed by atoms with van der Waals surface area (Å²) in [5, 5.41) is 12.0. The third-order valence-corrected chi connectivity index (χ3v) is 4.76. The van der Waals surface area contributed by atoms with Crippen LogP contribution < -0.4 is 5.32 Å². The molecule has 2 aromatic heterocycles. The van der Waals surface area contributed by atoms with Crippen LogP contribution in [0.1, 0.15) is 10.5 Å². The van der Waals surface area contributed by atoms with E-state index in [9.17, 15) is 4.79 Å². The second-order valence-corrected chi connectivity index (χ2v) is 6.46. The molecule has 4 aromatic rings. The van der Waals surface area contributed by atoms with Crippen molar-refractivity contribution in [2.45, 2.75) is 0 Å². The smallest absolute Gasteiger partial charge is 0.276 e. The lowest BCUT2D eigenvalue weighted by atomic mass is 10.0. The topological polar surface area (TPSA) is 57.8 Å². The maximum absolute atomic E-state index is 12.6. The van der Waals surface area contributed by atoms with E-state index >= 15 is 0 Å². The standard InChI is InChI=1S/C20H15N3OS/c24-20(18-13-17(22-23-18)19-11-6-12-25-19)21-16-10-5-4-9-15(16)14-7-2-1-3-8-14/h1-13H,(H,21,24)(H,22,23). The molecule has 122 valence electrons. The summed E-state index contributed by atoms with van der Waals surface area (Å²) in [7, 11) is 0. The van der Waals surface area contributed by atoms with E-state index in [1.807, 2.05) is 72.1 Å². The van der Waals surface area contributed by atoms with Crippen molar-refractivity contribution >= 4 is 22.9 Å². The predicted octanol–water partition coefficient (Wildman–Crippen LogP) is 5.06. The Bertz CT molecular complexity index is 991. The van der Waals surface area contributed by atoms with Gasteiger partial charge in [0.2, 0.25) is 0 Å². The highest BCUT2D eigenvalue weighted by atomic mass is 32.1. The summed E-state index contributed by atoms with van der Waals surface area (Å²) in [6, 6.07) is 23.5. The molecule has 4 nitrogen and oxygen atoms in total. The number of rotatable bonds is 4.